The minimum atomic E-state index is -0.742. The molecule has 0 aromatic rings. The van der Waals surface area contributed by atoms with Crippen LogP contribution in [0.4, 0.5) is 0 Å². The van der Waals surface area contributed by atoms with Crippen molar-refractivity contribution in [3.05, 3.63) is 0 Å². The number of nitrogens with one attached hydrogen (secondary N) is 1. The van der Waals surface area contributed by atoms with Gasteiger partial charge in [0.2, 0.25) is 5.91 Å². The summed E-state index contributed by atoms with van der Waals surface area (Å²) in [6.07, 6.45) is 2.36. The Bertz CT molecular complexity index is 223. The molecule has 0 aliphatic heterocycles. The van der Waals surface area contributed by atoms with Gasteiger partial charge in [-0.2, -0.15) is 0 Å². The number of ether oxygens (including phenoxy) is 1. The third kappa shape index (κ3) is 2.18. The van der Waals surface area contributed by atoms with Gasteiger partial charge in [0.25, 0.3) is 0 Å². The van der Waals surface area contributed by atoms with E-state index < -0.39 is 11.5 Å². The van der Waals surface area contributed by atoms with Crippen molar-refractivity contribution in [2.24, 2.45) is 5.73 Å². The van der Waals surface area contributed by atoms with E-state index in [0.29, 0.717) is 12.8 Å². The Morgan fingerprint density at radius 2 is 2.15 bits per heavy atom. The molecule has 0 aromatic heterocycles. The maximum Gasteiger partial charge on any atom is 0.325 e. The quantitative estimate of drug-likeness (QED) is 0.563. The zero-order valence-corrected chi connectivity index (χ0v) is 7.63. The number of rotatable bonds is 3. The summed E-state index contributed by atoms with van der Waals surface area (Å²) in [6.45, 7) is -0.103. The van der Waals surface area contributed by atoms with Crippen molar-refractivity contribution < 1.29 is 14.3 Å². The van der Waals surface area contributed by atoms with Crippen LogP contribution in [0.2, 0.25) is 0 Å². The van der Waals surface area contributed by atoms with E-state index >= 15 is 0 Å². The van der Waals surface area contributed by atoms with Gasteiger partial charge >= 0.3 is 5.97 Å². The fourth-order valence-corrected chi connectivity index (χ4v) is 1.19. The molecule has 0 unspecified atom stereocenters. The summed E-state index contributed by atoms with van der Waals surface area (Å²) in [4.78, 5) is 22.0. The Morgan fingerprint density at radius 1 is 1.54 bits per heavy atom. The van der Waals surface area contributed by atoms with Gasteiger partial charge in [-0.15, -0.1) is 0 Å². The second-order valence-electron chi connectivity index (χ2n) is 3.27. The third-order valence-electron chi connectivity index (χ3n) is 2.32. The second-order valence-corrected chi connectivity index (χ2v) is 3.27. The molecule has 0 radical (unpaired) electrons. The zero-order valence-electron chi connectivity index (χ0n) is 7.63. The summed E-state index contributed by atoms with van der Waals surface area (Å²) in [5, 5.41) is 2.44. The lowest BCUT2D eigenvalue weighted by molar-refractivity contribution is -0.142. The van der Waals surface area contributed by atoms with Gasteiger partial charge in [-0.25, -0.2) is 0 Å². The number of hydrogen-bond acceptors (Lipinski definition) is 4. The van der Waals surface area contributed by atoms with Crippen LogP contribution in [0.3, 0.4) is 0 Å². The van der Waals surface area contributed by atoms with Crippen LogP contribution in [0.25, 0.3) is 0 Å². The minimum Gasteiger partial charge on any atom is -0.468 e. The van der Waals surface area contributed by atoms with Gasteiger partial charge in [0.1, 0.15) is 6.54 Å². The first-order valence-corrected chi connectivity index (χ1v) is 4.22. The average molecular weight is 186 g/mol. The van der Waals surface area contributed by atoms with Crippen molar-refractivity contribution in [1.29, 1.82) is 0 Å². The molecule has 1 fully saturated rings. The maximum absolute atomic E-state index is 11.3. The first-order valence-electron chi connectivity index (χ1n) is 4.22. The van der Waals surface area contributed by atoms with Crippen molar-refractivity contribution >= 4 is 11.9 Å². The van der Waals surface area contributed by atoms with Crippen LogP contribution in [0, 0.1) is 0 Å². The monoisotopic (exact) mass is 186 g/mol. The summed E-state index contributed by atoms with van der Waals surface area (Å²) in [6, 6.07) is 0. The highest BCUT2D eigenvalue weighted by Crippen LogP contribution is 2.28. The van der Waals surface area contributed by atoms with E-state index in [1.165, 1.54) is 7.11 Å². The molecule has 0 aromatic carbocycles. The van der Waals surface area contributed by atoms with Crippen molar-refractivity contribution in [2.75, 3.05) is 13.7 Å². The molecule has 5 heteroatoms. The molecule has 1 aliphatic rings. The van der Waals surface area contributed by atoms with Gasteiger partial charge in [-0.1, -0.05) is 0 Å². The van der Waals surface area contributed by atoms with E-state index in [4.69, 9.17) is 5.73 Å². The van der Waals surface area contributed by atoms with E-state index in [1.54, 1.807) is 0 Å². The molecule has 74 valence electrons. The standard InChI is InChI=1S/C8H14N2O3/c1-13-6(11)5-10-7(12)8(9)3-2-4-8/h2-5,9H2,1H3,(H,10,12). The van der Waals surface area contributed by atoms with Gasteiger partial charge in [-0.05, 0) is 19.3 Å². The number of methoxy groups -OCH3 is 1. The molecule has 1 rings (SSSR count). The van der Waals surface area contributed by atoms with Crippen LogP contribution >= 0.6 is 0 Å². The van der Waals surface area contributed by atoms with Crippen molar-refractivity contribution in [3.8, 4) is 0 Å². The molecule has 3 N–H and O–H groups in total. The van der Waals surface area contributed by atoms with Gasteiger partial charge in [0.05, 0.1) is 12.6 Å². The molecule has 0 spiro atoms. The lowest BCUT2D eigenvalue weighted by Gasteiger charge is -2.35. The predicted octanol–water partition coefficient (Wildman–Crippen LogP) is -0.843. The van der Waals surface area contributed by atoms with Crippen LogP contribution in [0.1, 0.15) is 19.3 Å². The fraction of sp³-hybridized carbons (Fsp3) is 0.750. The summed E-state index contributed by atoms with van der Waals surface area (Å²) >= 11 is 0. The Balaban J connectivity index is 2.29. The Labute approximate surface area is 76.6 Å². The molecular weight excluding hydrogens is 172 g/mol. The molecule has 0 atom stereocenters. The van der Waals surface area contributed by atoms with Crippen LogP contribution in [-0.4, -0.2) is 31.1 Å². The first kappa shape index (κ1) is 9.98. The fourth-order valence-electron chi connectivity index (χ4n) is 1.19. The molecule has 5 nitrogen and oxygen atoms in total. The number of nitrogens with two attached hydrogens (primary N) is 1. The van der Waals surface area contributed by atoms with Crippen molar-refractivity contribution in [3.63, 3.8) is 0 Å². The molecule has 1 saturated carbocycles. The zero-order chi connectivity index (χ0) is 9.90. The van der Waals surface area contributed by atoms with Crippen LogP contribution < -0.4 is 11.1 Å². The average Bonchev–Trinajstić information content (AvgIpc) is 2.09. The van der Waals surface area contributed by atoms with Crippen LogP contribution in [0.15, 0.2) is 0 Å². The summed E-state index contributed by atoms with van der Waals surface area (Å²) in [5.41, 5.74) is 4.97. The third-order valence-corrected chi connectivity index (χ3v) is 2.32. The molecular formula is C8H14N2O3. The number of hydrogen-bond donors (Lipinski definition) is 2. The molecule has 0 heterocycles. The highest BCUT2D eigenvalue weighted by atomic mass is 16.5. The number of esters is 1. The molecule has 0 saturated heterocycles. The van der Waals surface area contributed by atoms with Gasteiger partial charge in [0.15, 0.2) is 0 Å². The maximum atomic E-state index is 11.3. The molecule has 1 amide bonds. The lowest BCUT2D eigenvalue weighted by Crippen LogP contribution is -2.59. The summed E-state index contributed by atoms with van der Waals surface area (Å²) in [7, 11) is 1.27. The smallest absolute Gasteiger partial charge is 0.325 e. The van der Waals surface area contributed by atoms with E-state index in [-0.39, 0.29) is 12.5 Å². The summed E-state index contributed by atoms with van der Waals surface area (Å²) in [5.74, 6) is -0.722. The van der Waals surface area contributed by atoms with Crippen molar-refractivity contribution in [1.82, 2.24) is 5.32 Å². The van der Waals surface area contributed by atoms with E-state index in [1.807, 2.05) is 0 Å². The van der Waals surface area contributed by atoms with Gasteiger partial charge in [0, 0.05) is 0 Å². The van der Waals surface area contributed by atoms with Gasteiger partial charge in [-0.3, -0.25) is 9.59 Å². The highest BCUT2D eigenvalue weighted by Gasteiger charge is 2.39. The normalized spacial score (nSPS) is 18.6. The first-order chi connectivity index (χ1) is 6.08. The number of carbonyl (C=O) groups is 2. The Kier molecular flexibility index (Phi) is 2.87. The van der Waals surface area contributed by atoms with Gasteiger partial charge < -0.3 is 15.8 Å². The van der Waals surface area contributed by atoms with Crippen LogP contribution in [-0.2, 0) is 14.3 Å². The Morgan fingerprint density at radius 3 is 2.54 bits per heavy atom. The van der Waals surface area contributed by atoms with E-state index in [0.717, 1.165) is 6.42 Å². The molecule has 0 bridgehead atoms. The van der Waals surface area contributed by atoms with Crippen LogP contribution in [0.5, 0.6) is 0 Å². The van der Waals surface area contributed by atoms with E-state index in [2.05, 4.69) is 10.1 Å². The van der Waals surface area contributed by atoms with E-state index in [9.17, 15) is 9.59 Å². The predicted molar refractivity (Wildman–Crippen MR) is 45.8 cm³/mol. The second kappa shape index (κ2) is 3.74. The Hall–Kier alpha value is -1.10. The minimum absolute atomic E-state index is 0.103. The number of amides is 1. The lowest BCUT2D eigenvalue weighted by atomic mass is 9.77. The number of carbonyl (C=O) groups excluding carboxylic acids is 2. The molecule has 13 heavy (non-hydrogen) atoms. The largest absolute Gasteiger partial charge is 0.468 e. The summed E-state index contributed by atoms with van der Waals surface area (Å²) < 4.78 is 4.37. The molecule has 1 aliphatic carbocycles. The topological polar surface area (TPSA) is 81.4 Å². The van der Waals surface area contributed by atoms with Crippen molar-refractivity contribution in [2.45, 2.75) is 24.8 Å². The SMILES string of the molecule is COC(=O)CNC(=O)C1(N)CCC1. The highest BCUT2D eigenvalue weighted by molar-refractivity contribution is 5.89.